The maximum atomic E-state index is 11.8. The molecule has 0 bridgehead atoms. The van der Waals surface area contributed by atoms with Gasteiger partial charge in [-0.1, -0.05) is 13.8 Å². The Balaban J connectivity index is 2.26. The first-order valence-corrected chi connectivity index (χ1v) is 7.15. The topological polar surface area (TPSA) is 79.8 Å². The van der Waals surface area contributed by atoms with Gasteiger partial charge < -0.3 is 5.32 Å². The molecule has 0 unspecified atom stereocenters. The number of H-pyrrole nitrogens is 1. The van der Waals surface area contributed by atoms with Crippen LogP contribution < -0.4 is 16.6 Å². The van der Waals surface area contributed by atoms with E-state index in [9.17, 15) is 9.59 Å². The van der Waals surface area contributed by atoms with Gasteiger partial charge in [0.15, 0.2) is 0 Å². The van der Waals surface area contributed by atoms with Crippen molar-refractivity contribution in [2.24, 2.45) is 0 Å². The lowest BCUT2D eigenvalue weighted by molar-refractivity contribution is 0.707. The SMILES string of the molecule is CCCNc1cc(Cn2cc(CC)c(=O)[nH]c2=O)ccn1. The molecule has 2 aromatic rings. The van der Waals surface area contributed by atoms with Gasteiger partial charge in [-0.15, -0.1) is 0 Å². The first-order valence-electron chi connectivity index (χ1n) is 7.15. The van der Waals surface area contributed by atoms with Crippen LogP contribution in [0, 0.1) is 0 Å². The number of aromatic nitrogens is 3. The number of aromatic amines is 1. The lowest BCUT2D eigenvalue weighted by atomic mass is 10.2. The van der Waals surface area contributed by atoms with Crippen LogP contribution in [0.4, 0.5) is 5.82 Å². The summed E-state index contributed by atoms with van der Waals surface area (Å²) in [4.78, 5) is 30.0. The van der Waals surface area contributed by atoms with Crippen molar-refractivity contribution < 1.29 is 0 Å². The van der Waals surface area contributed by atoms with Crippen molar-refractivity contribution in [3.8, 4) is 0 Å². The quantitative estimate of drug-likeness (QED) is 0.841. The van der Waals surface area contributed by atoms with Crippen LogP contribution in [0.15, 0.2) is 34.1 Å². The van der Waals surface area contributed by atoms with Crippen molar-refractivity contribution in [1.82, 2.24) is 14.5 Å². The van der Waals surface area contributed by atoms with Gasteiger partial charge in [-0.2, -0.15) is 0 Å². The number of nitrogens with one attached hydrogen (secondary N) is 2. The molecule has 0 spiro atoms. The Morgan fingerprint density at radius 2 is 2.14 bits per heavy atom. The second kappa shape index (κ2) is 6.88. The number of hydrogen-bond donors (Lipinski definition) is 2. The number of hydrogen-bond acceptors (Lipinski definition) is 4. The molecule has 0 fully saturated rings. The van der Waals surface area contributed by atoms with Gasteiger partial charge >= 0.3 is 5.69 Å². The van der Waals surface area contributed by atoms with Crippen molar-refractivity contribution in [3.63, 3.8) is 0 Å². The zero-order valence-electron chi connectivity index (χ0n) is 12.3. The van der Waals surface area contributed by atoms with Crippen molar-refractivity contribution in [2.75, 3.05) is 11.9 Å². The molecule has 112 valence electrons. The van der Waals surface area contributed by atoms with E-state index >= 15 is 0 Å². The predicted octanol–water partition coefficient (Wildman–Crippen LogP) is 1.36. The van der Waals surface area contributed by atoms with Gasteiger partial charge in [0, 0.05) is 24.5 Å². The van der Waals surface area contributed by atoms with Gasteiger partial charge in [0.05, 0.1) is 6.54 Å². The highest BCUT2D eigenvalue weighted by Gasteiger charge is 2.04. The molecule has 2 heterocycles. The van der Waals surface area contributed by atoms with E-state index in [-0.39, 0.29) is 5.56 Å². The van der Waals surface area contributed by atoms with Gasteiger partial charge in [0.2, 0.25) is 0 Å². The Bertz CT molecular complexity index is 718. The molecule has 2 rings (SSSR count). The highest BCUT2D eigenvalue weighted by atomic mass is 16.2. The van der Waals surface area contributed by atoms with E-state index in [0.717, 1.165) is 24.3 Å². The van der Waals surface area contributed by atoms with Gasteiger partial charge in [0.1, 0.15) is 5.82 Å². The summed E-state index contributed by atoms with van der Waals surface area (Å²) in [5.74, 6) is 0.794. The van der Waals surface area contributed by atoms with Crippen LogP contribution in [0.1, 0.15) is 31.4 Å². The smallest absolute Gasteiger partial charge is 0.328 e. The molecule has 6 nitrogen and oxygen atoms in total. The van der Waals surface area contributed by atoms with E-state index in [1.54, 1.807) is 12.4 Å². The molecule has 2 N–H and O–H groups in total. The van der Waals surface area contributed by atoms with Crippen molar-refractivity contribution in [1.29, 1.82) is 0 Å². The van der Waals surface area contributed by atoms with Gasteiger partial charge in [0.25, 0.3) is 5.56 Å². The van der Waals surface area contributed by atoms with E-state index in [2.05, 4.69) is 22.2 Å². The van der Waals surface area contributed by atoms with Crippen LogP contribution in [-0.4, -0.2) is 21.1 Å². The molecule has 2 aromatic heterocycles. The zero-order valence-corrected chi connectivity index (χ0v) is 12.3. The maximum absolute atomic E-state index is 11.8. The highest BCUT2D eigenvalue weighted by molar-refractivity contribution is 5.37. The third-order valence-electron chi connectivity index (χ3n) is 3.20. The van der Waals surface area contributed by atoms with Crippen LogP contribution in [0.2, 0.25) is 0 Å². The van der Waals surface area contributed by atoms with Crippen LogP contribution >= 0.6 is 0 Å². The lowest BCUT2D eigenvalue weighted by Crippen LogP contribution is -2.31. The van der Waals surface area contributed by atoms with Gasteiger partial charge in [-0.25, -0.2) is 9.78 Å². The third kappa shape index (κ3) is 3.81. The Morgan fingerprint density at radius 1 is 1.33 bits per heavy atom. The maximum Gasteiger partial charge on any atom is 0.328 e. The third-order valence-corrected chi connectivity index (χ3v) is 3.20. The molecule has 0 saturated heterocycles. The normalized spacial score (nSPS) is 10.6. The van der Waals surface area contributed by atoms with Crippen molar-refractivity contribution >= 4 is 5.82 Å². The van der Waals surface area contributed by atoms with Crippen LogP contribution in [0.25, 0.3) is 0 Å². The van der Waals surface area contributed by atoms with E-state index in [0.29, 0.717) is 18.5 Å². The largest absolute Gasteiger partial charge is 0.370 e. The molecule has 0 atom stereocenters. The zero-order chi connectivity index (χ0) is 15.2. The molecule has 21 heavy (non-hydrogen) atoms. The van der Waals surface area contributed by atoms with E-state index < -0.39 is 5.69 Å². The van der Waals surface area contributed by atoms with E-state index in [1.807, 2.05) is 19.1 Å². The Hall–Kier alpha value is -2.37. The minimum absolute atomic E-state index is 0.307. The molecule has 0 aliphatic rings. The molecule has 0 amide bonds. The van der Waals surface area contributed by atoms with Crippen LogP contribution in [0.5, 0.6) is 0 Å². The number of aryl methyl sites for hydroxylation is 1. The second-order valence-electron chi connectivity index (χ2n) is 4.87. The minimum Gasteiger partial charge on any atom is -0.370 e. The first-order chi connectivity index (χ1) is 10.1. The summed E-state index contributed by atoms with van der Waals surface area (Å²) < 4.78 is 1.51. The van der Waals surface area contributed by atoms with E-state index in [4.69, 9.17) is 0 Å². The standard InChI is InChI=1S/C15H20N4O2/c1-3-6-16-13-8-11(5-7-17-13)9-19-10-12(4-2)14(20)18-15(19)21/h5,7-8,10H,3-4,6,9H2,1-2H3,(H,16,17)(H,18,20,21). The summed E-state index contributed by atoms with van der Waals surface area (Å²) in [6, 6.07) is 3.78. The molecule has 0 radical (unpaired) electrons. The fourth-order valence-electron chi connectivity index (χ4n) is 2.04. The molecule has 0 aliphatic carbocycles. The van der Waals surface area contributed by atoms with Crippen LogP contribution in [-0.2, 0) is 13.0 Å². The summed E-state index contributed by atoms with van der Waals surface area (Å²) in [5.41, 5.74) is 0.864. The first kappa shape index (κ1) is 15.0. The lowest BCUT2D eigenvalue weighted by Gasteiger charge is -2.09. The molecule has 6 heteroatoms. The minimum atomic E-state index is -0.392. The number of anilines is 1. The fraction of sp³-hybridized carbons (Fsp3) is 0.400. The highest BCUT2D eigenvalue weighted by Crippen LogP contribution is 2.08. The summed E-state index contributed by atoms with van der Waals surface area (Å²) in [7, 11) is 0. The number of rotatable bonds is 6. The average Bonchev–Trinajstić information content (AvgIpc) is 2.48. The summed E-state index contributed by atoms with van der Waals surface area (Å²) in [6.45, 7) is 5.24. The summed E-state index contributed by atoms with van der Waals surface area (Å²) >= 11 is 0. The Labute approximate surface area is 122 Å². The van der Waals surface area contributed by atoms with Gasteiger partial charge in [-0.3, -0.25) is 14.3 Å². The average molecular weight is 288 g/mol. The predicted molar refractivity (Wildman–Crippen MR) is 82.8 cm³/mol. The van der Waals surface area contributed by atoms with Gasteiger partial charge in [-0.05, 0) is 30.5 Å². The molecule has 0 saturated carbocycles. The molecule has 0 aliphatic heterocycles. The van der Waals surface area contributed by atoms with Crippen molar-refractivity contribution in [3.05, 3.63) is 56.5 Å². The Morgan fingerprint density at radius 3 is 2.86 bits per heavy atom. The Kier molecular flexibility index (Phi) is 4.92. The number of nitrogens with zero attached hydrogens (tertiary/aromatic N) is 2. The fourth-order valence-corrected chi connectivity index (χ4v) is 2.04. The molecule has 0 aromatic carbocycles. The molecular weight excluding hydrogens is 268 g/mol. The number of pyridine rings is 1. The summed E-state index contributed by atoms with van der Waals surface area (Å²) in [5, 5.41) is 3.21. The molecular formula is C15H20N4O2. The van der Waals surface area contributed by atoms with Crippen molar-refractivity contribution in [2.45, 2.75) is 33.2 Å². The second-order valence-corrected chi connectivity index (χ2v) is 4.87. The van der Waals surface area contributed by atoms with Crippen LogP contribution in [0.3, 0.4) is 0 Å². The monoisotopic (exact) mass is 288 g/mol. The van der Waals surface area contributed by atoms with E-state index in [1.165, 1.54) is 4.57 Å². The summed E-state index contributed by atoms with van der Waals surface area (Å²) in [6.07, 6.45) is 4.95.